The van der Waals surface area contributed by atoms with Gasteiger partial charge in [0.05, 0.1) is 10.6 Å². The van der Waals surface area contributed by atoms with Crippen LogP contribution in [0.25, 0.3) is 0 Å². The summed E-state index contributed by atoms with van der Waals surface area (Å²) in [6.45, 7) is 4.14. The molecule has 28 heavy (non-hydrogen) atoms. The van der Waals surface area contributed by atoms with Gasteiger partial charge in [0.15, 0.2) is 9.84 Å². The first-order valence-corrected chi connectivity index (χ1v) is 10.8. The number of hydrogen-bond donors (Lipinski definition) is 1. The molecule has 0 aliphatic rings. The first-order valence-electron chi connectivity index (χ1n) is 9.14. The van der Waals surface area contributed by atoms with E-state index in [0.29, 0.717) is 11.1 Å². The maximum atomic E-state index is 12.7. The molecule has 0 aliphatic heterocycles. The second-order valence-corrected chi connectivity index (χ2v) is 8.96. The van der Waals surface area contributed by atoms with Crippen molar-refractivity contribution < 1.29 is 13.2 Å². The highest BCUT2D eigenvalue weighted by atomic mass is 32.2. The standard InChI is InChI=1S/C23H23NO3S/c1-17(2)21-13-6-7-14-22(21)24-23(25)19-10-8-9-18(15-19)16-28(26,27)20-11-4-3-5-12-20/h3-15,17H,16H2,1-2H3,(H,24,25). The van der Waals surface area contributed by atoms with Crippen molar-refractivity contribution in [3.8, 4) is 0 Å². The third kappa shape index (κ3) is 4.67. The number of para-hydroxylation sites is 1. The van der Waals surface area contributed by atoms with Gasteiger partial charge in [0.1, 0.15) is 0 Å². The highest BCUT2D eigenvalue weighted by Gasteiger charge is 2.16. The Morgan fingerprint density at radius 3 is 2.29 bits per heavy atom. The molecule has 3 aromatic carbocycles. The number of nitrogens with one attached hydrogen (secondary N) is 1. The number of sulfone groups is 1. The average Bonchev–Trinajstić information content (AvgIpc) is 2.69. The van der Waals surface area contributed by atoms with Gasteiger partial charge in [0, 0.05) is 11.3 Å². The fourth-order valence-corrected chi connectivity index (χ4v) is 4.40. The fraction of sp³-hybridized carbons (Fsp3) is 0.174. The maximum Gasteiger partial charge on any atom is 0.255 e. The summed E-state index contributed by atoms with van der Waals surface area (Å²) in [6.07, 6.45) is 0. The van der Waals surface area contributed by atoms with E-state index in [1.807, 2.05) is 24.3 Å². The van der Waals surface area contributed by atoms with Crippen molar-refractivity contribution in [2.75, 3.05) is 5.32 Å². The minimum atomic E-state index is -3.46. The van der Waals surface area contributed by atoms with Crippen molar-refractivity contribution in [1.29, 1.82) is 0 Å². The Labute approximate surface area is 166 Å². The van der Waals surface area contributed by atoms with E-state index in [1.54, 1.807) is 54.6 Å². The largest absolute Gasteiger partial charge is 0.322 e. The second kappa shape index (κ2) is 8.40. The average molecular weight is 394 g/mol. The molecular weight excluding hydrogens is 370 g/mol. The molecule has 0 radical (unpaired) electrons. The van der Waals surface area contributed by atoms with Gasteiger partial charge in [-0.1, -0.05) is 62.4 Å². The molecule has 1 N–H and O–H groups in total. The molecule has 0 unspecified atom stereocenters. The Bertz CT molecular complexity index is 1070. The summed E-state index contributed by atoms with van der Waals surface area (Å²) >= 11 is 0. The van der Waals surface area contributed by atoms with Crippen molar-refractivity contribution in [3.63, 3.8) is 0 Å². The SMILES string of the molecule is CC(C)c1ccccc1NC(=O)c1cccc(CS(=O)(=O)c2ccccc2)c1. The summed E-state index contributed by atoms with van der Waals surface area (Å²) in [7, 11) is -3.46. The zero-order valence-corrected chi connectivity index (χ0v) is 16.7. The van der Waals surface area contributed by atoms with Gasteiger partial charge in [-0.15, -0.1) is 0 Å². The zero-order chi connectivity index (χ0) is 20.1. The van der Waals surface area contributed by atoms with Crippen LogP contribution in [0.15, 0.2) is 83.8 Å². The van der Waals surface area contributed by atoms with Crippen molar-refractivity contribution in [2.24, 2.45) is 0 Å². The van der Waals surface area contributed by atoms with Crippen LogP contribution in [0, 0.1) is 0 Å². The van der Waals surface area contributed by atoms with Crippen LogP contribution in [0.2, 0.25) is 0 Å². The molecule has 3 aromatic rings. The Morgan fingerprint density at radius 1 is 0.893 bits per heavy atom. The molecular formula is C23H23NO3S. The molecule has 0 spiro atoms. The van der Waals surface area contributed by atoms with Crippen LogP contribution in [0.3, 0.4) is 0 Å². The minimum absolute atomic E-state index is 0.152. The first kappa shape index (κ1) is 19.8. The van der Waals surface area contributed by atoms with Crippen LogP contribution >= 0.6 is 0 Å². The molecule has 4 nitrogen and oxygen atoms in total. The van der Waals surface area contributed by atoms with E-state index in [4.69, 9.17) is 0 Å². The summed E-state index contributed by atoms with van der Waals surface area (Å²) in [6, 6.07) is 22.8. The molecule has 0 heterocycles. The van der Waals surface area contributed by atoms with Gasteiger partial charge in [-0.05, 0) is 47.4 Å². The van der Waals surface area contributed by atoms with E-state index in [9.17, 15) is 13.2 Å². The number of hydrogen-bond acceptors (Lipinski definition) is 3. The zero-order valence-electron chi connectivity index (χ0n) is 15.9. The minimum Gasteiger partial charge on any atom is -0.322 e. The predicted molar refractivity (Wildman–Crippen MR) is 112 cm³/mol. The summed E-state index contributed by atoms with van der Waals surface area (Å²) < 4.78 is 25.2. The topological polar surface area (TPSA) is 63.2 Å². The molecule has 0 atom stereocenters. The lowest BCUT2D eigenvalue weighted by molar-refractivity contribution is 0.102. The Balaban J connectivity index is 1.81. The van der Waals surface area contributed by atoms with E-state index in [0.717, 1.165) is 11.3 Å². The summed E-state index contributed by atoms with van der Waals surface area (Å²) in [4.78, 5) is 13.0. The van der Waals surface area contributed by atoms with Gasteiger partial charge in [-0.2, -0.15) is 0 Å². The summed E-state index contributed by atoms with van der Waals surface area (Å²) in [5.74, 6) is -0.133. The van der Waals surface area contributed by atoms with Gasteiger partial charge >= 0.3 is 0 Å². The molecule has 0 aliphatic carbocycles. The Kier molecular flexibility index (Phi) is 5.95. The van der Waals surface area contributed by atoms with E-state index in [2.05, 4.69) is 19.2 Å². The van der Waals surface area contributed by atoms with Gasteiger partial charge in [-0.25, -0.2) is 8.42 Å². The van der Waals surface area contributed by atoms with Crippen LogP contribution in [0.5, 0.6) is 0 Å². The molecule has 0 saturated carbocycles. The third-order valence-electron chi connectivity index (χ3n) is 4.48. The van der Waals surface area contributed by atoms with Gasteiger partial charge in [0.25, 0.3) is 5.91 Å². The van der Waals surface area contributed by atoms with Gasteiger partial charge < -0.3 is 5.32 Å². The van der Waals surface area contributed by atoms with E-state index in [1.165, 1.54) is 0 Å². The first-order chi connectivity index (χ1) is 13.4. The monoisotopic (exact) mass is 393 g/mol. The molecule has 0 aromatic heterocycles. The Hall–Kier alpha value is -2.92. The highest BCUT2D eigenvalue weighted by Crippen LogP contribution is 2.24. The number of benzene rings is 3. The number of carbonyl (C=O) groups is 1. The van der Waals surface area contributed by atoms with Crippen LogP contribution in [0.4, 0.5) is 5.69 Å². The van der Waals surface area contributed by atoms with Crippen molar-refractivity contribution in [2.45, 2.75) is 30.4 Å². The smallest absolute Gasteiger partial charge is 0.255 e. The number of rotatable bonds is 6. The molecule has 0 bridgehead atoms. The number of carbonyl (C=O) groups excluding carboxylic acids is 1. The molecule has 1 amide bonds. The summed E-state index contributed by atoms with van der Waals surface area (Å²) in [5, 5.41) is 2.94. The molecule has 144 valence electrons. The van der Waals surface area contributed by atoms with E-state index >= 15 is 0 Å². The lowest BCUT2D eigenvalue weighted by Gasteiger charge is -2.14. The third-order valence-corrected chi connectivity index (χ3v) is 6.18. The van der Waals surface area contributed by atoms with Crippen molar-refractivity contribution >= 4 is 21.4 Å². The molecule has 5 heteroatoms. The van der Waals surface area contributed by atoms with Crippen LogP contribution in [-0.4, -0.2) is 14.3 Å². The van der Waals surface area contributed by atoms with Crippen LogP contribution in [0.1, 0.15) is 41.3 Å². The maximum absolute atomic E-state index is 12.7. The normalized spacial score (nSPS) is 11.4. The van der Waals surface area contributed by atoms with Crippen molar-refractivity contribution in [1.82, 2.24) is 0 Å². The molecule has 3 rings (SSSR count). The lowest BCUT2D eigenvalue weighted by Crippen LogP contribution is -2.14. The highest BCUT2D eigenvalue weighted by molar-refractivity contribution is 7.90. The Morgan fingerprint density at radius 2 is 1.57 bits per heavy atom. The van der Waals surface area contributed by atoms with Crippen molar-refractivity contribution in [3.05, 3.63) is 95.6 Å². The van der Waals surface area contributed by atoms with E-state index < -0.39 is 9.84 Å². The lowest BCUT2D eigenvalue weighted by atomic mass is 10.0. The number of anilines is 1. The van der Waals surface area contributed by atoms with Gasteiger partial charge in [-0.3, -0.25) is 4.79 Å². The molecule has 0 saturated heterocycles. The van der Waals surface area contributed by atoms with Crippen LogP contribution in [-0.2, 0) is 15.6 Å². The van der Waals surface area contributed by atoms with E-state index in [-0.39, 0.29) is 22.5 Å². The number of amides is 1. The quantitative estimate of drug-likeness (QED) is 0.638. The predicted octanol–water partition coefficient (Wildman–Crippen LogP) is 5.04. The fourth-order valence-electron chi connectivity index (χ4n) is 3.04. The van der Waals surface area contributed by atoms with Gasteiger partial charge in [0.2, 0.25) is 0 Å². The second-order valence-electron chi connectivity index (χ2n) is 6.97. The summed E-state index contributed by atoms with van der Waals surface area (Å²) in [5.41, 5.74) is 2.83. The van der Waals surface area contributed by atoms with Crippen LogP contribution < -0.4 is 5.32 Å². The molecule has 0 fully saturated rings.